The van der Waals surface area contributed by atoms with Crippen molar-refractivity contribution in [3.63, 3.8) is 0 Å². The van der Waals surface area contributed by atoms with Crippen LogP contribution in [0.25, 0.3) is 0 Å². The van der Waals surface area contributed by atoms with Crippen molar-refractivity contribution in [3.8, 4) is 0 Å². The Morgan fingerprint density at radius 1 is 0.944 bits per heavy atom. The first-order chi connectivity index (χ1) is 8.54. The Bertz CT molecular complexity index is 276. The largest absolute Gasteiger partial charge is 0.300 e. The molecule has 2 bridgehead atoms. The van der Waals surface area contributed by atoms with E-state index in [1.54, 1.807) is 0 Å². The van der Waals surface area contributed by atoms with Gasteiger partial charge in [0.2, 0.25) is 0 Å². The predicted molar refractivity (Wildman–Crippen MR) is 76.8 cm³/mol. The minimum absolute atomic E-state index is 0.379. The molecule has 0 spiro atoms. The van der Waals surface area contributed by atoms with E-state index in [1.807, 2.05) is 0 Å². The van der Waals surface area contributed by atoms with Crippen molar-refractivity contribution in [3.05, 3.63) is 0 Å². The van der Waals surface area contributed by atoms with Crippen LogP contribution >= 0.6 is 0 Å². The lowest BCUT2D eigenvalue weighted by Gasteiger charge is -2.62. The zero-order valence-corrected chi connectivity index (χ0v) is 12.5. The fraction of sp³-hybridized carbons (Fsp3) is 1.00. The van der Waals surface area contributed by atoms with Crippen molar-refractivity contribution in [2.45, 2.75) is 76.9 Å². The Morgan fingerprint density at radius 2 is 1.56 bits per heavy atom. The molecule has 0 aromatic heterocycles. The van der Waals surface area contributed by atoms with Gasteiger partial charge in [0.1, 0.15) is 0 Å². The van der Waals surface area contributed by atoms with E-state index in [2.05, 4.69) is 30.6 Å². The zero-order valence-electron chi connectivity index (χ0n) is 12.5. The second-order valence-corrected chi connectivity index (χ2v) is 7.84. The molecule has 0 N–H and O–H groups in total. The van der Waals surface area contributed by atoms with Crippen molar-refractivity contribution >= 4 is 0 Å². The van der Waals surface area contributed by atoms with Crippen LogP contribution in [0.2, 0.25) is 0 Å². The molecule has 4 rings (SSSR count). The fourth-order valence-electron chi connectivity index (χ4n) is 4.68. The topological polar surface area (TPSA) is 6.48 Å². The smallest absolute Gasteiger partial charge is 0.0247 e. The van der Waals surface area contributed by atoms with E-state index in [0.29, 0.717) is 5.54 Å². The van der Waals surface area contributed by atoms with Gasteiger partial charge in [-0.2, -0.15) is 0 Å². The monoisotopic (exact) mass is 250 g/mol. The second kappa shape index (κ2) is 4.79. The minimum Gasteiger partial charge on any atom is -0.300 e. The van der Waals surface area contributed by atoms with Gasteiger partial charge in [0.25, 0.3) is 0 Å². The minimum atomic E-state index is 0.379. The summed E-state index contributed by atoms with van der Waals surface area (Å²) in [6, 6.07) is 1.71. The number of rotatable bonds is 2. The number of piperidine rings is 1. The average molecular weight is 250 g/mol. The highest BCUT2D eigenvalue weighted by Gasteiger charge is 2.48. The maximum atomic E-state index is 2.77. The molecule has 104 valence electrons. The predicted octanol–water partition coefficient (Wildman–Crippen LogP) is 3.12. The quantitative estimate of drug-likeness (QED) is 0.743. The lowest BCUT2D eigenvalue weighted by molar-refractivity contribution is -0.122. The van der Waals surface area contributed by atoms with Crippen LogP contribution in [0.1, 0.15) is 59.3 Å². The second-order valence-electron chi connectivity index (χ2n) is 7.84. The van der Waals surface area contributed by atoms with Gasteiger partial charge in [0.15, 0.2) is 0 Å². The van der Waals surface area contributed by atoms with Gasteiger partial charge in [0.05, 0.1) is 0 Å². The molecular formula is C16H30N2. The molecule has 2 nitrogen and oxygen atoms in total. The summed E-state index contributed by atoms with van der Waals surface area (Å²) < 4.78 is 0. The van der Waals surface area contributed by atoms with E-state index >= 15 is 0 Å². The highest BCUT2D eigenvalue weighted by Crippen LogP contribution is 2.38. The van der Waals surface area contributed by atoms with E-state index in [-0.39, 0.29) is 0 Å². The summed E-state index contributed by atoms with van der Waals surface area (Å²) in [5.74, 6) is 1.01. The molecule has 4 aliphatic rings. The molecule has 2 unspecified atom stereocenters. The third kappa shape index (κ3) is 2.46. The standard InChI is InChI=1S/C16H30N2/c1-16(2,3)18-14-9-15(18)12-17(11-14)10-13-7-5-4-6-8-13/h13-15H,4-12H2,1-3H3. The summed E-state index contributed by atoms with van der Waals surface area (Å²) in [5, 5.41) is 0. The first-order valence-corrected chi connectivity index (χ1v) is 8.05. The van der Waals surface area contributed by atoms with Gasteiger partial charge in [0, 0.05) is 37.3 Å². The maximum absolute atomic E-state index is 2.77. The Labute approximate surface area is 113 Å². The van der Waals surface area contributed by atoms with Crippen LogP contribution in [0.5, 0.6) is 0 Å². The number of fused-ring (bicyclic) bond motifs is 2. The highest BCUT2D eigenvalue weighted by atomic mass is 15.4. The first-order valence-electron chi connectivity index (χ1n) is 8.05. The van der Waals surface area contributed by atoms with Gasteiger partial charge < -0.3 is 0 Å². The molecule has 3 saturated heterocycles. The summed E-state index contributed by atoms with van der Waals surface area (Å²) >= 11 is 0. The Hall–Kier alpha value is -0.0800. The number of hydrogen-bond donors (Lipinski definition) is 0. The molecule has 18 heavy (non-hydrogen) atoms. The Kier molecular flexibility index (Phi) is 3.44. The van der Waals surface area contributed by atoms with Crippen LogP contribution in [0.3, 0.4) is 0 Å². The number of piperazine rings is 1. The molecular weight excluding hydrogens is 220 g/mol. The SMILES string of the molecule is CC(C)(C)N1C2CC1CN(CC1CCCCC1)C2. The fourth-order valence-corrected chi connectivity index (χ4v) is 4.68. The molecule has 0 radical (unpaired) electrons. The van der Waals surface area contributed by atoms with Crippen molar-refractivity contribution in [1.29, 1.82) is 0 Å². The molecule has 4 fully saturated rings. The number of nitrogens with zero attached hydrogens (tertiary/aromatic N) is 2. The highest BCUT2D eigenvalue weighted by molar-refractivity contribution is 5.05. The zero-order chi connectivity index (χ0) is 12.8. The van der Waals surface area contributed by atoms with Gasteiger partial charge >= 0.3 is 0 Å². The van der Waals surface area contributed by atoms with E-state index in [4.69, 9.17) is 0 Å². The van der Waals surface area contributed by atoms with Crippen LogP contribution in [0.15, 0.2) is 0 Å². The Morgan fingerprint density at radius 3 is 2.11 bits per heavy atom. The summed E-state index contributed by atoms with van der Waals surface area (Å²) in [6.07, 6.45) is 8.90. The van der Waals surface area contributed by atoms with Gasteiger partial charge in [-0.05, 0) is 46.0 Å². The van der Waals surface area contributed by atoms with Crippen LogP contribution in [-0.4, -0.2) is 47.1 Å². The van der Waals surface area contributed by atoms with Crippen molar-refractivity contribution in [2.24, 2.45) is 5.92 Å². The summed E-state index contributed by atoms with van der Waals surface area (Å²) in [5.41, 5.74) is 0.379. The van der Waals surface area contributed by atoms with Gasteiger partial charge in [-0.1, -0.05) is 19.3 Å². The van der Waals surface area contributed by atoms with Crippen LogP contribution in [-0.2, 0) is 0 Å². The van der Waals surface area contributed by atoms with Crippen LogP contribution in [0.4, 0.5) is 0 Å². The lowest BCUT2D eigenvalue weighted by atomic mass is 9.81. The van der Waals surface area contributed by atoms with Gasteiger partial charge in [-0.25, -0.2) is 0 Å². The van der Waals surface area contributed by atoms with Crippen molar-refractivity contribution in [1.82, 2.24) is 9.80 Å². The molecule has 0 aromatic rings. The van der Waals surface area contributed by atoms with E-state index in [1.165, 1.54) is 58.2 Å². The molecule has 1 saturated carbocycles. The van der Waals surface area contributed by atoms with Gasteiger partial charge in [-0.15, -0.1) is 0 Å². The van der Waals surface area contributed by atoms with E-state index < -0.39 is 0 Å². The molecule has 0 aromatic carbocycles. The molecule has 3 heterocycles. The average Bonchev–Trinajstić information content (AvgIpc) is 2.27. The van der Waals surface area contributed by atoms with E-state index in [0.717, 1.165) is 18.0 Å². The summed E-state index contributed by atoms with van der Waals surface area (Å²) in [6.45, 7) is 11.2. The summed E-state index contributed by atoms with van der Waals surface area (Å²) in [4.78, 5) is 5.54. The summed E-state index contributed by atoms with van der Waals surface area (Å²) in [7, 11) is 0. The molecule has 2 heteroatoms. The van der Waals surface area contributed by atoms with Crippen molar-refractivity contribution < 1.29 is 0 Å². The third-order valence-electron chi connectivity index (χ3n) is 5.28. The Balaban J connectivity index is 1.51. The van der Waals surface area contributed by atoms with E-state index in [9.17, 15) is 0 Å². The molecule has 0 amide bonds. The molecule has 1 aliphatic carbocycles. The molecule has 3 aliphatic heterocycles. The van der Waals surface area contributed by atoms with Gasteiger partial charge in [-0.3, -0.25) is 9.80 Å². The van der Waals surface area contributed by atoms with Crippen LogP contribution < -0.4 is 0 Å². The lowest BCUT2D eigenvalue weighted by Crippen LogP contribution is -2.73. The first kappa shape index (κ1) is 12.9. The normalized spacial score (nSPS) is 35.5. The number of hydrogen-bond acceptors (Lipinski definition) is 2. The maximum Gasteiger partial charge on any atom is 0.0247 e. The van der Waals surface area contributed by atoms with Crippen LogP contribution in [0, 0.1) is 5.92 Å². The third-order valence-corrected chi connectivity index (χ3v) is 5.28. The molecule has 2 atom stereocenters. The van der Waals surface area contributed by atoms with Crippen molar-refractivity contribution in [2.75, 3.05) is 19.6 Å².